The Balaban J connectivity index is 1.58. The van der Waals surface area contributed by atoms with E-state index in [4.69, 9.17) is 11.6 Å². The molecule has 29 heavy (non-hydrogen) atoms. The van der Waals surface area contributed by atoms with Gasteiger partial charge in [-0.05, 0) is 36.4 Å². The summed E-state index contributed by atoms with van der Waals surface area (Å²) >= 11 is 5.88. The van der Waals surface area contributed by atoms with E-state index in [1.54, 1.807) is 42.3 Å². The zero-order chi connectivity index (χ0) is 20.7. The second-order valence-electron chi connectivity index (χ2n) is 6.71. The SMILES string of the molecule is CN1C=C(C(=O)Nc2ccccc2F)C2NC(=O)N(c3ccc(Cl)cc3)C(=O)C21. The summed E-state index contributed by atoms with van der Waals surface area (Å²) in [5.41, 5.74) is 0.548. The number of fused-ring (bicyclic) bond motifs is 1. The van der Waals surface area contributed by atoms with Gasteiger partial charge in [-0.3, -0.25) is 9.59 Å². The van der Waals surface area contributed by atoms with E-state index in [0.29, 0.717) is 10.7 Å². The Labute approximate surface area is 170 Å². The highest BCUT2D eigenvalue weighted by molar-refractivity contribution is 6.30. The van der Waals surface area contributed by atoms with Gasteiger partial charge in [0.15, 0.2) is 0 Å². The molecule has 1 fully saturated rings. The Bertz CT molecular complexity index is 1040. The van der Waals surface area contributed by atoms with Crippen molar-refractivity contribution in [3.05, 3.63) is 71.1 Å². The first kappa shape index (κ1) is 18.9. The zero-order valence-electron chi connectivity index (χ0n) is 15.2. The summed E-state index contributed by atoms with van der Waals surface area (Å²) in [6.45, 7) is 0. The van der Waals surface area contributed by atoms with Crippen LogP contribution >= 0.6 is 11.6 Å². The van der Waals surface area contributed by atoms with Crippen LogP contribution in [0.25, 0.3) is 0 Å². The molecule has 2 atom stereocenters. The number of nitrogens with zero attached hydrogens (tertiary/aromatic N) is 2. The van der Waals surface area contributed by atoms with Crippen LogP contribution in [0.2, 0.25) is 5.02 Å². The van der Waals surface area contributed by atoms with E-state index in [1.165, 1.54) is 24.4 Å². The summed E-state index contributed by atoms with van der Waals surface area (Å²) in [5.74, 6) is -1.65. The van der Waals surface area contributed by atoms with Crippen molar-refractivity contribution in [1.29, 1.82) is 0 Å². The normalized spacial score (nSPS) is 20.9. The Morgan fingerprint density at radius 2 is 1.83 bits per heavy atom. The van der Waals surface area contributed by atoms with Crippen molar-refractivity contribution in [3.63, 3.8) is 0 Å². The topological polar surface area (TPSA) is 81.8 Å². The Morgan fingerprint density at radius 3 is 2.52 bits per heavy atom. The van der Waals surface area contributed by atoms with Crippen LogP contribution in [-0.2, 0) is 9.59 Å². The lowest BCUT2D eigenvalue weighted by Gasteiger charge is -2.37. The fraction of sp³-hybridized carbons (Fsp3) is 0.150. The van der Waals surface area contributed by atoms with Gasteiger partial charge in [-0.15, -0.1) is 0 Å². The average molecular weight is 415 g/mol. The predicted molar refractivity (Wildman–Crippen MR) is 106 cm³/mol. The maximum absolute atomic E-state index is 13.9. The second-order valence-corrected chi connectivity index (χ2v) is 7.14. The van der Waals surface area contributed by atoms with Gasteiger partial charge in [-0.25, -0.2) is 14.1 Å². The third-order valence-corrected chi connectivity index (χ3v) is 5.11. The van der Waals surface area contributed by atoms with Crippen molar-refractivity contribution in [1.82, 2.24) is 10.2 Å². The number of anilines is 2. The van der Waals surface area contributed by atoms with Gasteiger partial charge < -0.3 is 15.5 Å². The Morgan fingerprint density at radius 1 is 1.14 bits per heavy atom. The fourth-order valence-corrected chi connectivity index (χ4v) is 3.61. The molecule has 1 saturated heterocycles. The molecule has 9 heteroatoms. The average Bonchev–Trinajstić information content (AvgIpc) is 3.01. The molecule has 148 valence electrons. The van der Waals surface area contributed by atoms with Crippen LogP contribution in [0.15, 0.2) is 60.3 Å². The number of halogens is 2. The van der Waals surface area contributed by atoms with Crippen LogP contribution in [0.5, 0.6) is 0 Å². The van der Waals surface area contributed by atoms with Gasteiger partial charge in [0.05, 0.1) is 23.0 Å². The predicted octanol–water partition coefficient (Wildman–Crippen LogP) is 2.74. The second kappa shape index (κ2) is 7.21. The molecule has 2 aliphatic rings. The smallest absolute Gasteiger partial charge is 0.329 e. The van der Waals surface area contributed by atoms with Gasteiger partial charge in [-0.2, -0.15) is 0 Å². The molecule has 2 heterocycles. The molecule has 0 aliphatic carbocycles. The lowest BCUT2D eigenvalue weighted by atomic mass is 9.99. The number of rotatable bonds is 3. The number of benzene rings is 2. The third kappa shape index (κ3) is 3.31. The van der Waals surface area contributed by atoms with Crippen LogP contribution in [0, 0.1) is 5.82 Å². The molecule has 0 aromatic heterocycles. The first-order chi connectivity index (χ1) is 13.9. The molecule has 4 rings (SSSR count). The summed E-state index contributed by atoms with van der Waals surface area (Å²) in [6.07, 6.45) is 1.48. The number of hydrogen-bond donors (Lipinski definition) is 2. The van der Waals surface area contributed by atoms with Crippen molar-refractivity contribution in [3.8, 4) is 0 Å². The number of urea groups is 1. The first-order valence-corrected chi connectivity index (χ1v) is 9.14. The molecule has 0 radical (unpaired) electrons. The number of imide groups is 1. The summed E-state index contributed by atoms with van der Waals surface area (Å²) in [6, 6.07) is 9.73. The van der Waals surface area contributed by atoms with Gasteiger partial charge in [0, 0.05) is 18.3 Å². The van der Waals surface area contributed by atoms with Gasteiger partial charge >= 0.3 is 6.03 Å². The van der Waals surface area contributed by atoms with E-state index < -0.39 is 35.7 Å². The molecule has 0 bridgehead atoms. The van der Waals surface area contributed by atoms with Crippen molar-refractivity contribution >= 4 is 40.8 Å². The first-order valence-electron chi connectivity index (χ1n) is 8.76. The molecule has 2 unspecified atom stereocenters. The van der Waals surface area contributed by atoms with E-state index in [1.807, 2.05) is 0 Å². The summed E-state index contributed by atoms with van der Waals surface area (Å²) in [7, 11) is 1.64. The van der Waals surface area contributed by atoms with Gasteiger partial charge in [0.1, 0.15) is 11.9 Å². The van der Waals surface area contributed by atoms with Crippen LogP contribution < -0.4 is 15.5 Å². The number of nitrogens with one attached hydrogen (secondary N) is 2. The summed E-state index contributed by atoms with van der Waals surface area (Å²) in [4.78, 5) is 41.0. The number of carbonyl (C=O) groups excluding carboxylic acids is 3. The highest BCUT2D eigenvalue weighted by Gasteiger charge is 2.49. The van der Waals surface area contributed by atoms with Crippen LogP contribution in [0.3, 0.4) is 0 Å². The standard InChI is InChI=1S/C20H16ClFN4O3/c1-25-10-13(18(27)23-15-5-3-2-4-14(15)22)16-17(25)19(28)26(20(29)24-16)12-8-6-11(21)7-9-12/h2-10,16-17H,1H3,(H,23,27)(H,24,29). The maximum Gasteiger partial charge on any atom is 0.329 e. The minimum absolute atomic E-state index is 0.0146. The van der Waals surface area contributed by atoms with Crippen molar-refractivity contribution in [2.45, 2.75) is 12.1 Å². The summed E-state index contributed by atoms with van der Waals surface area (Å²) < 4.78 is 13.9. The van der Waals surface area contributed by atoms with Gasteiger partial charge in [0.2, 0.25) is 0 Å². The lowest BCUT2D eigenvalue weighted by Crippen LogP contribution is -2.65. The van der Waals surface area contributed by atoms with Crippen LogP contribution in [-0.4, -0.2) is 41.9 Å². The molecular formula is C20H16ClFN4O3. The van der Waals surface area contributed by atoms with Crippen molar-refractivity contribution < 1.29 is 18.8 Å². The number of likely N-dealkylation sites (N-methyl/N-ethyl adjacent to an activating group) is 1. The highest BCUT2D eigenvalue weighted by Crippen LogP contribution is 2.30. The molecule has 2 aliphatic heterocycles. The van der Waals surface area contributed by atoms with Crippen LogP contribution in [0.1, 0.15) is 0 Å². The van der Waals surface area contributed by atoms with E-state index in [2.05, 4.69) is 10.6 Å². The molecule has 0 saturated carbocycles. The van der Waals surface area contributed by atoms with E-state index in [0.717, 1.165) is 4.90 Å². The quantitative estimate of drug-likeness (QED) is 0.809. The largest absolute Gasteiger partial charge is 0.366 e. The highest BCUT2D eigenvalue weighted by atomic mass is 35.5. The Hall–Kier alpha value is -3.39. The number of para-hydroxylation sites is 1. The van der Waals surface area contributed by atoms with Crippen molar-refractivity contribution in [2.75, 3.05) is 17.3 Å². The molecule has 2 N–H and O–H groups in total. The third-order valence-electron chi connectivity index (χ3n) is 4.86. The molecular weight excluding hydrogens is 399 g/mol. The number of amides is 4. The van der Waals surface area contributed by atoms with E-state index >= 15 is 0 Å². The van der Waals surface area contributed by atoms with Crippen LogP contribution in [0.4, 0.5) is 20.6 Å². The monoisotopic (exact) mass is 414 g/mol. The molecule has 4 amide bonds. The van der Waals surface area contributed by atoms with Gasteiger partial charge in [0.25, 0.3) is 11.8 Å². The van der Waals surface area contributed by atoms with E-state index in [9.17, 15) is 18.8 Å². The van der Waals surface area contributed by atoms with Crippen molar-refractivity contribution in [2.24, 2.45) is 0 Å². The molecule has 7 nitrogen and oxygen atoms in total. The minimum Gasteiger partial charge on any atom is -0.366 e. The maximum atomic E-state index is 13.9. The molecule has 2 aromatic carbocycles. The minimum atomic E-state index is -0.852. The number of hydrogen-bond acceptors (Lipinski definition) is 4. The summed E-state index contributed by atoms with van der Waals surface area (Å²) in [5, 5.41) is 5.66. The van der Waals surface area contributed by atoms with Gasteiger partial charge in [-0.1, -0.05) is 23.7 Å². The number of carbonyl (C=O) groups is 3. The molecule has 0 spiro atoms. The Kier molecular flexibility index (Phi) is 4.71. The molecule has 2 aromatic rings. The fourth-order valence-electron chi connectivity index (χ4n) is 3.48. The lowest BCUT2D eigenvalue weighted by molar-refractivity contribution is -0.122. The van der Waals surface area contributed by atoms with E-state index in [-0.39, 0.29) is 11.3 Å². The zero-order valence-corrected chi connectivity index (χ0v) is 16.0.